The van der Waals surface area contributed by atoms with Crippen molar-refractivity contribution in [2.75, 3.05) is 5.32 Å². The zero-order valence-corrected chi connectivity index (χ0v) is 12.2. The number of amides is 1. The Bertz CT molecular complexity index is 557. The number of anilines is 1. The molecule has 1 atom stereocenters. The van der Waals surface area contributed by atoms with Crippen molar-refractivity contribution in [3.05, 3.63) is 58.8 Å². The first-order valence-electron chi connectivity index (χ1n) is 6.10. The van der Waals surface area contributed by atoms with Crippen molar-refractivity contribution in [2.45, 2.75) is 19.3 Å². The fourth-order valence-corrected chi connectivity index (χ4v) is 2.24. The molecule has 1 unspecified atom stereocenters. The van der Waals surface area contributed by atoms with E-state index in [-0.39, 0.29) is 11.8 Å². The van der Waals surface area contributed by atoms with E-state index in [1.54, 1.807) is 12.4 Å². The average molecular weight is 319 g/mol. The van der Waals surface area contributed by atoms with Gasteiger partial charge in [-0.3, -0.25) is 9.78 Å². The molecule has 98 valence electrons. The summed E-state index contributed by atoms with van der Waals surface area (Å²) < 4.78 is 0.950. The van der Waals surface area contributed by atoms with E-state index >= 15 is 0 Å². The minimum absolute atomic E-state index is 0.00875. The van der Waals surface area contributed by atoms with Gasteiger partial charge in [0.1, 0.15) is 0 Å². The largest absolute Gasteiger partial charge is 0.326 e. The van der Waals surface area contributed by atoms with Crippen LogP contribution in [0, 0.1) is 0 Å². The van der Waals surface area contributed by atoms with Gasteiger partial charge in [0.05, 0.1) is 0 Å². The number of pyridine rings is 1. The molecule has 0 spiro atoms. The lowest BCUT2D eigenvalue weighted by Crippen LogP contribution is -2.14. The second kappa shape index (κ2) is 6.48. The zero-order valence-electron chi connectivity index (χ0n) is 10.6. The van der Waals surface area contributed by atoms with E-state index in [1.807, 2.05) is 43.3 Å². The van der Waals surface area contributed by atoms with Gasteiger partial charge in [-0.25, -0.2) is 0 Å². The van der Waals surface area contributed by atoms with Crippen molar-refractivity contribution in [2.24, 2.45) is 0 Å². The molecule has 3 nitrogen and oxygen atoms in total. The van der Waals surface area contributed by atoms with Gasteiger partial charge >= 0.3 is 0 Å². The number of nitrogens with one attached hydrogen (secondary N) is 1. The lowest BCUT2D eigenvalue weighted by atomic mass is 9.99. The highest BCUT2D eigenvalue weighted by Crippen LogP contribution is 2.20. The van der Waals surface area contributed by atoms with Crippen molar-refractivity contribution in [1.29, 1.82) is 0 Å². The van der Waals surface area contributed by atoms with Crippen LogP contribution in [0.1, 0.15) is 24.8 Å². The minimum atomic E-state index is 0.00875. The van der Waals surface area contributed by atoms with Crippen LogP contribution in [-0.4, -0.2) is 10.9 Å². The Balaban J connectivity index is 1.95. The molecule has 1 aromatic heterocycles. The number of aromatic nitrogens is 1. The Labute approximate surface area is 121 Å². The van der Waals surface area contributed by atoms with Crippen LogP contribution in [0.15, 0.2) is 53.3 Å². The molecular weight excluding hydrogens is 304 g/mol. The highest BCUT2D eigenvalue weighted by molar-refractivity contribution is 9.10. The Hall–Kier alpha value is -1.68. The molecule has 2 rings (SSSR count). The standard InChI is InChI=1S/C15H15BrN2O/c1-11(12-4-3-7-17-10-12)8-15(19)18-14-6-2-5-13(16)9-14/h2-7,9-11H,8H2,1H3,(H,18,19). The van der Waals surface area contributed by atoms with Gasteiger partial charge in [-0.1, -0.05) is 35.0 Å². The molecule has 0 saturated carbocycles. The molecule has 0 aliphatic heterocycles. The molecule has 0 fully saturated rings. The molecule has 0 bridgehead atoms. The maximum atomic E-state index is 12.0. The first-order valence-corrected chi connectivity index (χ1v) is 6.90. The van der Waals surface area contributed by atoms with E-state index in [4.69, 9.17) is 0 Å². The Morgan fingerprint density at radius 1 is 1.37 bits per heavy atom. The summed E-state index contributed by atoms with van der Waals surface area (Å²) in [5, 5.41) is 2.89. The highest BCUT2D eigenvalue weighted by atomic mass is 79.9. The summed E-state index contributed by atoms with van der Waals surface area (Å²) >= 11 is 3.38. The monoisotopic (exact) mass is 318 g/mol. The number of hydrogen-bond acceptors (Lipinski definition) is 2. The molecule has 0 aliphatic carbocycles. The third kappa shape index (κ3) is 4.17. The van der Waals surface area contributed by atoms with E-state index in [0.717, 1.165) is 15.7 Å². The number of hydrogen-bond donors (Lipinski definition) is 1. The molecule has 0 radical (unpaired) electrons. The minimum Gasteiger partial charge on any atom is -0.326 e. The van der Waals surface area contributed by atoms with Gasteiger partial charge in [0.2, 0.25) is 5.91 Å². The highest BCUT2D eigenvalue weighted by Gasteiger charge is 2.11. The van der Waals surface area contributed by atoms with Crippen molar-refractivity contribution >= 4 is 27.5 Å². The fourth-order valence-electron chi connectivity index (χ4n) is 1.84. The second-order valence-electron chi connectivity index (χ2n) is 4.45. The number of carbonyl (C=O) groups excluding carboxylic acids is 1. The normalized spacial score (nSPS) is 11.9. The van der Waals surface area contributed by atoms with Crippen molar-refractivity contribution in [1.82, 2.24) is 4.98 Å². The van der Waals surface area contributed by atoms with Crippen LogP contribution in [0.2, 0.25) is 0 Å². The molecule has 1 amide bonds. The van der Waals surface area contributed by atoms with E-state index in [1.165, 1.54) is 0 Å². The summed E-state index contributed by atoms with van der Waals surface area (Å²) in [7, 11) is 0. The van der Waals surface area contributed by atoms with Gasteiger partial charge in [-0.15, -0.1) is 0 Å². The van der Waals surface area contributed by atoms with Crippen molar-refractivity contribution in [3.63, 3.8) is 0 Å². The first kappa shape index (κ1) is 13.7. The Morgan fingerprint density at radius 2 is 2.21 bits per heavy atom. The van der Waals surface area contributed by atoms with Crippen LogP contribution in [0.4, 0.5) is 5.69 Å². The molecule has 1 N–H and O–H groups in total. The molecule has 19 heavy (non-hydrogen) atoms. The van der Waals surface area contributed by atoms with E-state index < -0.39 is 0 Å². The molecule has 2 aromatic rings. The van der Waals surface area contributed by atoms with Crippen LogP contribution >= 0.6 is 15.9 Å². The van der Waals surface area contributed by atoms with Crippen LogP contribution in [0.3, 0.4) is 0 Å². The summed E-state index contributed by atoms with van der Waals surface area (Å²) in [6, 6.07) is 11.4. The number of benzene rings is 1. The zero-order chi connectivity index (χ0) is 13.7. The Kier molecular flexibility index (Phi) is 4.68. The van der Waals surface area contributed by atoms with Crippen LogP contribution in [0.5, 0.6) is 0 Å². The first-order chi connectivity index (χ1) is 9.15. The van der Waals surface area contributed by atoms with Gasteiger partial charge < -0.3 is 5.32 Å². The predicted octanol–water partition coefficient (Wildman–Crippen LogP) is 3.98. The topological polar surface area (TPSA) is 42.0 Å². The molecule has 1 heterocycles. The van der Waals surface area contributed by atoms with Crippen LogP contribution in [-0.2, 0) is 4.79 Å². The van der Waals surface area contributed by atoms with Gasteiger partial charge in [-0.2, -0.15) is 0 Å². The third-order valence-corrected chi connectivity index (χ3v) is 3.35. The second-order valence-corrected chi connectivity index (χ2v) is 5.37. The maximum Gasteiger partial charge on any atom is 0.224 e. The van der Waals surface area contributed by atoms with Gasteiger partial charge in [0, 0.05) is 29.0 Å². The lowest BCUT2D eigenvalue weighted by molar-refractivity contribution is -0.116. The number of halogens is 1. The molecule has 4 heteroatoms. The summed E-state index contributed by atoms with van der Waals surface area (Å²) in [5.74, 6) is 0.162. The molecule has 0 aliphatic rings. The molecular formula is C15H15BrN2O. The van der Waals surface area contributed by atoms with Gasteiger partial charge in [0.25, 0.3) is 0 Å². The number of carbonyl (C=O) groups is 1. The quantitative estimate of drug-likeness (QED) is 0.926. The summed E-state index contributed by atoms with van der Waals surface area (Å²) in [4.78, 5) is 16.0. The summed E-state index contributed by atoms with van der Waals surface area (Å²) in [5.41, 5.74) is 1.88. The van der Waals surface area contributed by atoms with E-state index in [0.29, 0.717) is 6.42 Å². The summed E-state index contributed by atoms with van der Waals surface area (Å²) in [6.07, 6.45) is 3.98. The predicted molar refractivity (Wildman–Crippen MR) is 80.0 cm³/mol. The molecule has 0 saturated heterocycles. The average Bonchev–Trinajstić information content (AvgIpc) is 2.39. The number of nitrogens with zero attached hydrogens (tertiary/aromatic N) is 1. The third-order valence-electron chi connectivity index (χ3n) is 2.85. The van der Waals surface area contributed by atoms with Crippen LogP contribution < -0.4 is 5.32 Å². The SMILES string of the molecule is CC(CC(=O)Nc1cccc(Br)c1)c1cccnc1. The molecule has 1 aromatic carbocycles. The van der Waals surface area contributed by atoms with E-state index in [9.17, 15) is 4.79 Å². The smallest absolute Gasteiger partial charge is 0.224 e. The van der Waals surface area contributed by atoms with Crippen molar-refractivity contribution < 1.29 is 4.79 Å². The van der Waals surface area contributed by atoms with Crippen LogP contribution in [0.25, 0.3) is 0 Å². The fraction of sp³-hybridized carbons (Fsp3) is 0.200. The summed E-state index contributed by atoms with van der Waals surface area (Å²) in [6.45, 7) is 2.03. The van der Waals surface area contributed by atoms with E-state index in [2.05, 4.69) is 26.2 Å². The Morgan fingerprint density at radius 3 is 2.89 bits per heavy atom. The lowest BCUT2D eigenvalue weighted by Gasteiger charge is -2.11. The van der Waals surface area contributed by atoms with Crippen molar-refractivity contribution in [3.8, 4) is 0 Å². The van der Waals surface area contributed by atoms with Gasteiger partial charge in [0.15, 0.2) is 0 Å². The van der Waals surface area contributed by atoms with Gasteiger partial charge in [-0.05, 0) is 35.7 Å². The number of rotatable bonds is 4. The maximum absolute atomic E-state index is 12.0.